The van der Waals surface area contributed by atoms with Gasteiger partial charge in [0.1, 0.15) is 0 Å². The van der Waals surface area contributed by atoms with Crippen LogP contribution in [0.1, 0.15) is 0 Å². The molecule has 0 radical (unpaired) electrons. The molecule has 0 aromatic carbocycles. The Kier molecular flexibility index (Phi) is 10.8. The van der Waals surface area contributed by atoms with Gasteiger partial charge < -0.3 is 37.5 Å². The standard InChI is InChI=1S/CH2S3.Na/c2-1(3)4;/h(H2,2,3,4);/q;+1/p-2. The quantitative estimate of drug-likeness (QED) is 0.200. The van der Waals surface area contributed by atoms with Crippen LogP contribution in [0.5, 0.6) is 0 Å². The van der Waals surface area contributed by atoms with Gasteiger partial charge in [0.25, 0.3) is 0 Å². The average Bonchev–Trinajstić information content (AvgIpc) is 0.811. The third-order valence-electron chi connectivity index (χ3n) is 0. The Morgan fingerprint density at radius 3 is 1.40 bits per heavy atom. The summed E-state index contributed by atoms with van der Waals surface area (Å²) in [5.41, 5.74) is 0. The zero-order chi connectivity index (χ0) is 3.58. The predicted molar refractivity (Wildman–Crippen MR) is 27.3 cm³/mol. The van der Waals surface area contributed by atoms with Crippen molar-refractivity contribution < 1.29 is 29.6 Å². The summed E-state index contributed by atoms with van der Waals surface area (Å²) in [7, 11) is 0. The summed E-state index contributed by atoms with van der Waals surface area (Å²) in [6.45, 7) is 0. The maximum atomic E-state index is 4.17. The maximum absolute atomic E-state index is 4.17. The van der Waals surface area contributed by atoms with Crippen LogP contribution in [-0.2, 0) is 25.3 Å². The van der Waals surface area contributed by atoms with E-state index in [1.165, 1.54) is 0 Å². The van der Waals surface area contributed by atoms with Crippen LogP contribution < -0.4 is 29.6 Å². The van der Waals surface area contributed by atoms with Crippen molar-refractivity contribution in [2.45, 2.75) is 0 Å². The molecule has 0 saturated carbocycles. The van der Waals surface area contributed by atoms with E-state index in [2.05, 4.69) is 37.5 Å². The first-order chi connectivity index (χ1) is 1.73. The summed E-state index contributed by atoms with van der Waals surface area (Å²) in [6, 6.07) is 0. The first kappa shape index (κ1) is 9.73. The van der Waals surface area contributed by atoms with Crippen molar-refractivity contribution in [3.05, 3.63) is 0 Å². The minimum atomic E-state index is 0. The van der Waals surface area contributed by atoms with Crippen molar-refractivity contribution in [2.24, 2.45) is 0 Å². The molecule has 0 spiro atoms. The van der Waals surface area contributed by atoms with E-state index >= 15 is 0 Å². The van der Waals surface area contributed by atoms with Crippen molar-refractivity contribution in [3.8, 4) is 0 Å². The van der Waals surface area contributed by atoms with Gasteiger partial charge in [-0.3, -0.25) is 3.53 Å². The van der Waals surface area contributed by atoms with E-state index in [4.69, 9.17) is 0 Å². The molecule has 0 nitrogen and oxygen atoms in total. The summed E-state index contributed by atoms with van der Waals surface area (Å²) in [6.07, 6.45) is 0. The van der Waals surface area contributed by atoms with E-state index in [9.17, 15) is 0 Å². The van der Waals surface area contributed by atoms with E-state index in [1.54, 1.807) is 0 Å². The molecule has 0 rings (SSSR count). The fourth-order valence-electron chi connectivity index (χ4n) is 0. The number of thiocarbonyl (C=S) groups is 1. The molecule has 0 fully saturated rings. The van der Waals surface area contributed by atoms with Crippen LogP contribution in [0, 0.1) is 0 Å². The fraction of sp³-hybridized carbons (Fsp3) is 0. The second kappa shape index (κ2) is 5.53. The molecule has 0 atom stereocenters. The molecule has 0 N–H and O–H groups in total. The SMILES string of the molecule is S=C([S-])[S-].[Na+]. The monoisotopic (exact) mass is 131 g/mol. The molecular formula is CNaS3-. The van der Waals surface area contributed by atoms with E-state index in [0.717, 1.165) is 0 Å². The summed E-state index contributed by atoms with van der Waals surface area (Å²) in [5, 5.41) is 0. The van der Waals surface area contributed by atoms with Crippen LogP contribution >= 0.6 is 12.2 Å². The summed E-state index contributed by atoms with van der Waals surface area (Å²) in [4.78, 5) is 0. The second-order valence-electron chi connectivity index (χ2n) is 0.250. The Hall–Kier alpha value is 1.53. The van der Waals surface area contributed by atoms with Gasteiger partial charge in [-0.05, 0) is 0 Å². The largest absolute Gasteiger partial charge is 1.00 e. The molecule has 24 valence electrons. The number of hydrogen-bond acceptors (Lipinski definition) is 3. The van der Waals surface area contributed by atoms with E-state index < -0.39 is 0 Å². The van der Waals surface area contributed by atoms with Gasteiger partial charge in [0.05, 0.1) is 0 Å². The van der Waals surface area contributed by atoms with E-state index in [1.807, 2.05) is 0 Å². The molecule has 4 heteroatoms. The van der Waals surface area contributed by atoms with Crippen molar-refractivity contribution in [3.63, 3.8) is 0 Å². The summed E-state index contributed by atoms with van der Waals surface area (Å²) in [5.74, 6) is 0. The van der Waals surface area contributed by atoms with Crippen molar-refractivity contribution in [1.82, 2.24) is 0 Å². The van der Waals surface area contributed by atoms with E-state index in [-0.39, 0.29) is 33.1 Å². The molecular weight excluding hydrogens is 131 g/mol. The summed E-state index contributed by atoms with van der Waals surface area (Å²) < 4.78 is 0.167. The molecule has 0 aliphatic heterocycles. The third kappa shape index (κ3) is 29.4. The minimum absolute atomic E-state index is 0. The van der Waals surface area contributed by atoms with Gasteiger partial charge in [-0.15, -0.1) is 0 Å². The van der Waals surface area contributed by atoms with Crippen LogP contribution in [0.15, 0.2) is 0 Å². The Bertz CT molecular complexity index is 29.9. The van der Waals surface area contributed by atoms with Gasteiger partial charge >= 0.3 is 29.6 Å². The van der Waals surface area contributed by atoms with Crippen molar-refractivity contribution in [2.75, 3.05) is 0 Å². The molecule has 5 heavy (non-hydrogen) atoms. The molecule has 0 aliphatic rings. The molecule has 0 aromatic heterocycles. The van der Waals surface area contributed by atoms with Gasteiger partial charge in [-0.1, -0.05) is 0 Å². The normalized spacial score (nSPS) is 4.80. The number of rotatable bonds is 0. The topological polar surface area (TPSA) is 0 Å². The molecule has 0 amide bonds. The smallest absolute Gasteiger partial charge is 0.570 e. The Labute approximate surface area is 69.8 Å². The molecule has 0 saturated heterocycles. The van der Waals surface area contributed by atoms with Crippen LogP contribution in [0.2, 0.25) is 0 Å². The fourth-order valence-corrected chi connectivity index (χ4v) is 0. The first-order valence-electron chi connectivity index (χ1n) is 0.612. The van der Waals surface area contributed by atoms with Crippen molar-refractivity contribution >= 4 is 41.0 Å². The Morgan fingerprint density at radius 2 is 1.40 bits per heavy atom. The Morgan fingerprint density at radius 1 is 1.40 bits per heavy atom. The third-order valence-corrected chi connectivity index (χ3v) is 0. The minimum Gasteiger partial charge on any atom is -0.570 e. The molecule has 0 bridgehead atoms. The van der Waals surface area contributed by atoms with Crippen LogP contribution in [0.25, 0.3) is 0 Å². The van der Waals surface area contributed by atoms with Gasteiger partial charge in [0, 0.05) is 0 Å². The van der Waals surface area contributed by atoms with Gasteiger partial charge in [-0.25, -0.2) is 0 Å². The Balaban J connectivity index is 0. The van der Waals surface area contributed by atoms with E-state index in [0.29, 0.717) is 0 Å². The zero-order valence-corrected chi connectivity index (χ0v) is 7.17. The maximum Gasteiger partial charge on any atom is 1.00 e. The molecule has 0 aliphatic carbocycles. The average molecular weight is 131 g/mol. The van der Waals surface area contributed by atoms with Gasteiger partial charge in [0.2, 0.25) is 0 Å². The molecule has 0 aromatic rings. The second-order valence-corrected chi connectivity index (χ2v) is 2.25. The zero-order valence-electron chi connectivity index (χ0n) is 2.72. The van der Waals surface area contributed by atoms with Gasteiger partial charge in [0.15, 0.2) is 0 Å². The van der Waals surface area contributed by atoms with Crippen LogP contribution in [-0.4, -0.2) is 3.53 Å². The predicted octanol–water partition coefficient (Wildman–Crippen LogP) is -2.63. The van der Waals surface area contributed by atoms with Crippen LogP contribution in [0.4, 0.5) is 0 Å². The van der Waals surface area contributed by atoms with Gasteiger partial charge in [-0.2, -0.15) is 0 Å². The summed E-state index contributed by atoms with van der Waals surface area (Å²) >= 11 is 12.5. The molecule has 0 unspecified atom stereocenters. The van der Waals surface area contributed by atoms with Crippen LogP contribution in [0.3, 0.4) is 0 Å². The number of hydrogen-bond donors (Lipinski definition) is 0. The molecule has 0 heterocycles. The first-order valence-corrected chi connectivity index (χ1v) is 1.84. The van der Waals surface area contributed by atoms with Crippen molar-refractivity contribution in [1.29, 1.82) is 0 Å².